The summed E-state index contributed by atoms with van der Waals surface area (Å²) < 4.78 is 10.4. The van der Waals surface area contributed by atoms with Crippen LogP contribution in [0.4, 0.5) is 5.69 Å². The number of carbonyl (C=O) groups excluding carboxylic acids is 2. The predicted molar refractivity (Wildman–Crippen MR) is 83.3 cm³/mol. The van der Waals surface area contributed by atoms with Crippen LogP contribution in [0.15, 0.2) is 34.9 Å². The molecule has 2 aromatic rings. The number of morpholine rings is 1. The maximum Gasteiger partial charge on any atom is 0.277 e. The number of hydrogen-bond acceptors (Lipinski definition) is 6. The van der Waals surface area contributed by atoms with Crippen LogP contribution >= 0.6 is 0 Å². The Labute approximate surface area is 137 Å². The van der Waals surface area contributed by atoms with Crippen LogP contribution in [0.3, 0.4) is 0 Å². The molecular formula is C16H17N3O5. The van der Waals surface area contributed by atoms with E-state index in [1.54, 1.807) is 37.3 Å². The molecule has 1 aromatic heterocycles. The molecule has 0 saturated carbocycles. The molecule has 2 atom stereocenters. The number of nitrogens with one attached hydrogen (secondary N) is 2. The summed E-state index contributed by atoms with van der Waals surface area (Å²) in [5, 5.41) is 18.4. The number of benzene rings is 1. The van der Waals surface area contributed by atoms with Gasteiger partial charge in [-0.15, -0.1) is 0 Å². The molecule has 0 bridgehead atoms. The summed E-state index contributed by atoms with van der Waals surface area (Å²) in [6.07, 6.45) is -0.435. The molecule has 1 saturated heterocycles. The fourth-order valence-electron chi connectivity index (χ4n) is 2.50. The first kappa shape index (κ1) is 16.2. The minimum absolute atomic E-state index is 0.0504. The Morgan fingerprint density at radius 2 is 2.17 bits per heavy atom. The number of aromatic nitrogens is 1. The summed E-state index contributed by atoms with van der Waals surface area (Å²) in [7, 11) is 0. The van der Waals surface area contributed by atoms with E-state index >= 15 is 0 Å². The van der Waals surface area contributed by atoms with Crippen LogP contribution in [-0.4, -0.2) is 41.3 Å². The van der Waals surface area contributed by atoms with Crippen molar-refractivity contribution in [3.05, 3.63) is 47.3 Å². The van der Waals surface area contributed by atoms with E-state index in [-0.39, 0.29) is 30.7 Å². The highest BCUT2D eigenvalue weighted by atomic mass is 16.5. The highest BCUT2D eigenvalue weighted by Crippen LogP contribution is 2.25. The fourth-order valence-corrected chi connectivity index (χ4v) is 2.50. The van der Waals surface area contributed by atoms with Crippen LogP contribution in [0.1, 0.15) is 27.9 Å². The zero-order valence-electron chi connectivity index (χ0n) is 13.0. The number of ether oxygens (including phenoxy) is 1. The molecule has 2 unspecified atom stereocenters. The van der Waals surface area contributed by atoms with E-state index in [1.165, 1.54) is 0 Å². The minimum atomic E-state index is -0.496. The molecule has 126 valence electrons. The summed E-state index contributed by atoms with van der Waals surface area (Å²) in [6, 6.07) is 8.03. The van der Waals surface area contributed by atoms with Gasteiger partial charge < -0.3 is 25.0 Å². The lowest BCUT2D eigenvalue weighted by atomic mass is 10.0. The second-order valence-electron chi connectivity index (χ2n) is 5.49. The second-order valence-corrected chi connectivity index (χ2v) is 5.49. The molecular weight excluding hydrogens is 314 g/mol. The lowest BCUT2D eigenvalue weighted by Crippen LogP contribution is -2.49. The summed E-state index contributed by atoms with van der Waals surface area (Å²) >= 11 is 0. The lowest BCUT2D eigenvalue weighted by molar-refractivity contribution is -0.138. The van der Waals surface area contributed by atoms with Crippen LogP contribution in [0.25, 0.3) is 0 Å². The highest BCUT2D eigenvalue weighted by Gasteiger charge is 2.30. The van der Waals surface area contributed by atoms with Crippen molar-refractivity contribution in [2.24, 2.45) is 0 Å². The molecule has 8 nitrogen and oxygen atoms in total. The number of aliphatic hydroxyl groups excluding tert-OH is 1. The molecule has 24 heavy (non-hydrogen) atoms. The predicted octanol–water partition coefficient (Wildman–Crippen LogP) is 0.784. The number of carbonyl (C=O) groups is 2. The van der Waals surface area contributed by atoms with E-state index < -0.39 is 12.1 Å². The molecule has 1 fully saturated rings. The van der Waals surface area contributed by atoms with Crippen LogP contribution < -0.4 is 10.6 Å². The SMILES string of the molecule is Cc1cc(C(=O)Nc2ccc(C3OCC(=O)NC3CO)cc2)no1. The molecule has 8 heteroatoms. The molecule has 3 N–H and O–H groups in total. The first-order valence-corrected chi connectivity index (χ1v) is 7.43. The molecule has 0 spiro atoms. The van der Waals surface area contributed by atoms with Crippen molar-refractivity contribution in [2.75, 3.05) is 18.5 Å². The number of anilines is 1. The second kappa shape index (κ2) is 6.81. The van der Waals surface area contributed by atoms with Crippen molar-refractivity contribution >= 4 is 17.5 Å². The third kappa shape index (κ3) is 3.44. The van der Waals surface area contributed by atoms with E-state index in [9.17, 15) is 14.7 Å². The number of amides is 2. The minimum Gasteiger partial charge on any atom is -0.394 e. The standard InChI is InChI=1S/C16H17N3O5/c1-9-6-12(19-24-9)16(22)17-11-4-2-10(3-5-11)15-13(7-20)18-14(21)8-23-15/h2-6,13,15,20H,7-8H2,1H3,(H,17,22)(H,18,21). The van der Waals surface area contributed by atoms with Crippen molar-refractivity contribution in [1.82, 2.24) is 10.5 Å². The summed E-state index contributed by atoms with van der Waals surface area (Å²) in [4.78, 5) is 23.3. The van der Waals surface area contributed by atoms with Crippen molar-refractivity contribution < 1.29 is 24.0 Å². The van der Waals surface area contributed by atoms with Gasteiger partial charge in [-0.2, -0.15) is 0 Å². The molecule has 0 aliphatic carbocycles. The first-order valence-electron chi connectivity index (χ1n) is 7.43. The lowest BCUT2D eigenvalue weighted by Gasteiger charge is -2.31. The molecule has 1 aromatic carbocycles. The van der Waals surface area contributed by atoms with Crippen molar-refractivity contribution in [1.29, 1.82) is 0 Å². The van der Waals surface area contributed by atoms with Crippen LogP contribution in [0, 0.1) is 6.92 Å². The van der Waals surface area contributed by atoms with Gasteiger partial charge in [-0.3, -0.25) is 9.59 Å². The average molecular weight is 331 g/mol. The monoisotopic (exact) mass is 331 g/mol. The van der Waals surface area contributed by atoms with Crippen molar-refractivity contribution in [3.63, 3.8) is 0 Å². The Morgan fingerprint density at radius 1 is 1.42 bits per heavy atom. The highest BCUT2D eigenvalue weighted by molar-refractivity contribution is 6.02. The third-order valence-electron chi connectivity index (χ3n) is 3.66. The number of nitrogens with zero attached hydrogens (tertiary/aromatic N) is 1. The Balaban J connectivity index is 1.69. The van der Waals surface area contributed by atoms with Crippen molar-refractivity contribution in [3.8, 4) is 0 Å². The molecule has 3 rings (SSSR count). The number of aryl methyl sites for hydroxylation is 1. The fraction of sp³-hybridized carbons (Fsp3) is 0.312. The zero-order chi connectivity index (χ0) is 17.1. The van der Waals surface area contributed by atoms with Crippen molar-refractivity contribution in [2.45, 2.75) is 19.1 Å². The van der Waals surface area contributed by atoms with Gasteiger partial charge in [0.05, 0.1) is 12.6 Å². The normalized spacial score (nSPS) is 20.5. The summed E-state index contributed by atoms with van der Waals surface area (Å²) in [6.45, 7) is 1.44. The largest absolute Gasteiger partial charge is 0.394 e. The number of hydrogen-bond donors (Lipinski definition) is 3. The van der Waals surface area contributed by atoms with Gasteiger partial charge in [0.15, 0.2) is 5.69 Å². The maximum absolute atomic E-state index is 12.0. The number of rotatable bonds is 4. The maximum atomic E-state index is 12.0. The van der Waals surface area contributed by atoms with E-state index in [1.807, 2.05) is 0 Å². The third-order valence-corrected chi connectivity index (χ3v) is 3.66. The number of aliphatic hydroxyl groups is 1. The smallest absolute Gasteiger partial charge is 0.277 e. The Morgan fingerprint density at radius 3 is 2.79 bits per heavy atom. The average Bonchev–Trinajstić information content (AvgIpc) is 3.02. The van der Waals surface area contributed by atoms with Gasteiger partial charge in [0.1, 0.15) is 18.5 Å². The van der Waals surface area contributed by atoms with Gasteiger partial charge in [0.2, 0.25) is 5.91 Å². The van der Waals surface area contributed by atoms with Gasteiger partial charge >= 0.3 is 0 Å². The Bertz CT molecular complexity index is 740. The molecule has 2 amide bonds. The van der Waals surface area contributed by atoms with Gasteiger partial charge in [-0.05, 0) is 24.6 Å². The Hall–Kier alpha value is -2.71. The van der Waals surface area contributed by atoms with Gasteiger partial charge in [-0.1, -0.05) is 17.3 Å². The van der Waals surface area contributed by atoms with E-state index in [2.05, 4.69) is 15.8 Å². The molecule has 0 radical (unpaired) electrons. The summed E-state index contributed by atoms with van der Waals surface area (Å²) in [5.41, 5.74) is 1.59. The van der Waals surface area contributed by atoms with Gasteiger partial charge in [0.25, 0.3) is 5.91 Å². The van der Waals surface area contributed by atoms with Crippen LogP contribution in [0.2, 0.25) is 0 Å². The van der Waals surface area contributed by atoms with E-state index in [4.69, 9.17) is 9.26 Å². The quantitative estimate of drug-likeness (QED) is 0.763. The van der Waals surface area contributed by atoms with E-state index in [0.717, 1.165) is 5.56 Å². The van der Waals surface area contributed by atoms with Crippen LogP contribution in [-0.2, 0) is 9.53 Å². The van der Waals surface area contributed by atoms with Gasteiger partial charge in [0, 0.05) is 11.8 Å². The Kier molecular flexibility index (Phi) is 4.59. The first-order chi connectivity index (χ1) is 11.6. The zero-order valence-corrected chi connectivity index (χ0v) is 13.0. The molecule has 1 aliphatic rings. The summed E-state index contributed by atoms with van der Waals surface area (Å²) in [5.74, 6) is -0.0619. The van der Waals surface area contributed by atoms with E-state index in [0.29, 0.717) is 11.4 Å². The van der Waals surface area contributed by atoms with Gasteiger partial charge in [-0.25, -0.2) is 0 Å². The molecule has 1 aliphatic heterocycles. The topological polar surface area (TPSA) is 114 Å². The van der Waals surface area contributed by atoms with Crippen LogP contribution in [0.5, 0.6) is 0 Å². The molecule has 2 heterocycles.